The van der Waals surface area contributed by atoms with Gasteiger partial charge < -0.3 is 19.1 Å². The number of carbonyl (C=O) groups is 1. The van der Waals surface area contributed by atoms with E-state index in [0.717, 1.165) is 31.9 Å². The van der Waals surface area contributed by atoms with Crippen molar-refractivity contribution in [1.82, 2.24) is 4.90 Å². The van der Waals surface area contributed by atoms with Crippen molar-refractivity contribution < 1.29 is 19.0 Å². The first kappa shape index (κ1) is 19.0. The van der Waals surface area contributed by atoms with Crippen molar-refractivity contribution in [1.29, 1.82) is 5.26 Å². The van der Waals surface area contributed by atoms with Crippen molar-refractivity contribution in [3.05, 3.63) is 56.7 Å². The summed E-state index contributed by atoms with van der Waals surface area (Å²) >= 11 is 2.17. The van der Waals surface area contributed by atoms with Crippen LogP contribution in [-0.4, -0.2) is 31.7 Å². The van der Waals surface area contributed by atoms with Crippen LogP contribution in [0.5, 0.6) is 17.2 Å². The summed E-state index contributed by atoms with van der Waals surface area (Å²) in [4.78, 5) is 13.3. The Morgan fingerprint density at radius 2 is 2.04 bits per heavy atom. The van der Waals surface area contributed by atoms with Gasteiger partial charge in [0.1, 0.15) is 24.0 Å². The molecule has 0 radical (unpaired) electrons. The van der Waals surface area contributed by atoms with Crippen molar-refractivity contribution in [3.8, 4) is 23.3 Å². The van der Waals surface area contributed by atoms with Gasteiger partial charge in [-0.2, -0.15) is 5.26 Å². The van der Waals surface area contributed by atoms with E-state index < -0.39 is 0 Å². The summed E-state index contributed by atoms with van der Waals surface area (Å²) in [5.41, 5.74) is 1.83. The van der Waals surface area contributed by atoms with Gasteiger partial charge in [-0.1, -0.05) is 12.1 Å². The van der Waals surface area contributed by atoms with Crippen LogP contribution >= 0.6 is 22.6 Å². The van der Waals surface area contributed by atoms with Crippen LogP contribution in [0, 0.1) is 14.9 Å². The topological polar surface area (TPSA) is 71.8 Å². The van der Waals surface area contributed by atoms with Gasteiger partial charge in [-0.25, -0.2) is 0 Å². The summed E-state index contributed by atoms with van der Waals surface area (Å²) in [6.07, 6.45) is 1.58. The number of nitrogens with zero attached hydrogens (tertiary/aromatic N) is 2. The monoisotopic (exact) mass is 476 g/mol. The number of nitriles is 1. The Morgan fingerprint density at radius 3 is 2.74 bits per heavy atom. The normalized spacial score (nSPS) is 12.4. The molecule has 0 fully saturated rings. The number of fused-ring (bicyclic) bond motifs is 1. The maximum absolute atomic E-state index is 12.0. The SMILES string of the molecule is CN(C)C(=O)/C(C#N)=C\c1ccc(OCc2ccc3c(c2)OCO3)c(I)c1. The number of amides is 1. The Bertz CT molecular complexity index is 947. The first-order valence-corrected chi connectivity index (χ1v) is 9.20. The summed E-state index contributed by atoms with van der Waals surface area (Å²) in [6.45, 7) is 0.637. The van der Waals surface area contributed by atoms with Crippen LogP contribution < -0.4 is 14.2 Å². The molecule has 1 heterocycles. The molecule has 0 atom stereocenters. The summed E-state index contributed by atoms with van der Waals surface area (Å²) in [7, 11) is 3.23. The zero-order valence-electron chi connectivity index (χ0n) is 14.9. The number of hydrogen-bond donors (Lipinski definition) is 0. The van der Waals surface area contributed by atoms with E-state index in [4.69, 9.17) is 14.2 Å². The number of benzene rings is 2. The Hall–Kier alpha value is -2.73. The summed E-state index contributed by atoms with van der Waals surface area (Å²) in [5, 5.41) is 9.20. The van der Waals surface area contributed by atoms with Crippen molar-refractivity contribution in [2.75, 3.05) is 20.9 Å². The van der Waals surface area contributed by atoms with Gasteiger partial charge in [0.25, 0.3) is 5.91 Å². The number of carbonyl (C=O) groups excluding carboxylic acids is 1. The molecule has 1 aliphatic heterocycles. The highest BCUT2D eigenvalue weighted by atomic mass is 127. The van der Waals surface area contributed by atoms with Gasteiger partial charge in [0.2, 0.25) is 6.79 Å². The third-order valence-electron chi connectivity index (χ3n) is 3.86. The van der Waals surface area contributed by atoms with Crippen LogP contribution in [0.1, 0.15) is 11.1 Å². The van der Waals surface area contributed by atoms with Crippen molar-refractivity contribution in [3.63, 3.8) is 0 Å². The molecule has 0 unspecified atom stereocenters. The molecule has 3 rings (SSSR count). The molecule has 0 N–H and O–H groups in total. The molecule has 2 aromatic carbocycles. The maximum Gasteiger partial charge on any atom is 0.264 e. The van der Waals surface area contributed by atoms with E-state index in [9.17, 15) is 10.1 Å². The Balaban J connectivity index is 1.71. The van der Waals surface area contributed by atoms with Gasteiger partial charge in [-0.05, 0) is 64.1 Å². The fraction of sp³-hybridized carbons (Fsp3) is 0.200. The largest absolute Gasteiger partial charge is 0.488 e. The minimum atomic E-state index is -0.323. The fourth-order valence-corrected chi connectivity index (χ4v) is 3.16. The van der Waals surface area contributed by atoms with E-state index in [1.54, 1.807) is 20.2 Å². The van der Waals surface area contributed by atoms with Crippen LogP contribution in [-0.2, 0) is 11.4 Å². The Labute approximate surface area is 171 Å². The van der Waals surface area contributed by atoms with Gasteiger partial charge in [-0.3, -0.25) is 4.79 Å². The zero-order valence-corrected chi connectivity index (χ0v) is 17.0. The molecule has 0 saturated heterocycles. The van der Waals surface area contributed by atoms with Crippen LogP contribution in [0.25, 0.3) is 6.08 Å². The molecule has 0 bridgehead atoms. The van der Waals surface area contributed by atoms with E-state index in [0.29, 0.717) is 6.61 Å². The quantitative estimate of drug-likeness (QED) is 0.375. The lowest BCUT2D eigenvalue weighted by molar-refractivity contribution is -0.124. The third-order valence-corrected chi connectivity index (χ3v) is 4.70. The molecule has 0 saturated carbocycles. The Kier molecular flexibility index (Phi) is 5.86. The van der Waals surface area contributed by atoms with Crippen molar-refractivity contribution in [2.45, 2.75) is 6.61 Å². The second-order valence-electron chi connectivity index (χ2n) is 6.04. The maximum atomic E-state index is 12.0. The van der Waals surface area contributed by atoms with Gasteiger partial charge in [0.15, 0.2) is 11.5 Å². The molecule has 27 heavy (non-hydrogen) atoms. The number of halogens is 1. The van der Waals surface area contributed by atoms with E-state index in [-0.39, 0.29) is 18.3 Å². The van der Waals surface area contributed by atoms with Crippen molar-refractivity contribution in [2.24, 2.45) is 0 Å². The second kappa shape index (κ2) is 8.31. The summed E-state index contributed by atoms with van der Waals surface area (Å²) < 4.78 is 17.4. The molecular formula is C20H17IN2O4. The number of hydrogen-bond acceptors (Lipinski definition) is 5. The van der Waals surface area contributed by atoms with E-state index >= 15 is 0 Å². The highest BCUT2D eigenvalue weighted by Gasteiger charge is 2.14. The van der Waals surface area contributed by atoms with Gasteiger partial charge in [0, 0.05) is 14.1 Å². The smallest absolute Gasteiger partial charge is 0.264 e. The lowest BCUT2D eigenvalue weighted by atomic mass is 10.1. The van der Waals surface area contributed by atoms with E-state index in [1.807, 2.05) is 42.5 Å². The Morgan fingerprint density at radius 1 is 1.26 bits per heavy atom. The highest BCUT2D eigenvalue weighted by molar-refractivity contribution is 14.1. The minimum Gasteiger partial charge on any atom is -0.488 e. The van der Waals surface area contributed by atoms with E-state index in [2.05, 4.69) is 22.6 Å². The molecule has 2 aromatic rings. The second-order valence-corrected chi connectivity index (χ2v) is 7.20. The third kappa shape index (κ3) is 4.52. The van der Waals surface area contributed by atoms with Crippen LogP contribution in [0.15, 0.2) is 42.0 Å². The molecule has 6 nitrogen and oxygen atoms in total. The first-order chi connectivity index (χ1) is 13.0. The van der Waals surface area contributed by atoms with Gasteiger partial charge in [-0.15, -0.1) is 0 Å². The summed E-state index contributed by atoms with van der Waals surface area (Å²) in [5.74, 6) is 1.87. The zero-order chi connectivity index (χ0) is 19.4. The predicted molar refractivity (Wildman–Crippen MR) is 108 cm³/mol. The van der Waals surface area contributed by atoms with Gasteiger partial charge in [0.05, 0.1) is 3.57 Å². The number of ether oxygens (including phenoxy) is 3. The van der Waals surface area contributed by atoms with E-state index in [1.165, 1.54) is 4.90 Å². The molecule has 138 valence electrons. The van der Waals surface area contributed by atoms with Crippen LogP contribution in [0.4, 0.5) is 0 Å². The molecule has 7 heteroatoms. The van der Waals surface area contributed by atoms with Crippen LogP contribution in [0.3, 0.4) is 0 Å². The average molecular weight is 476 g/mol. The minimum absolute atomic E-state index is 0.0878. The molecule has 1 amide bonds. The highest BCUT2D eigenvalue weighted by Crippen LogP contribution is 2.33. The first-order valence-electron chi connectivity index (χ1n) is 8.12. The van der Waals surface area contributed by atoms with Crippen LogP contribution in [0.2, 0.25) is 0 Å². The number of rotatable bonds is 5. The van der Waals surface area contributed by atoms with Crippen molar-refractivity contribution >= 4 is 34.6 Å². The molecule has 1 aliphatic rings. The standard InChI is InChI=1S/C20H17IN2O4/c1-23(2)20(24)15(10-22)7-13-3-5-17(16(21)8-13)25-11-14-4-6-18-19(9-14)27-12-26-18/h3-9H,11-12H2,1-2H3/b15-7-. The molecule has 0 spiro atoms. The summed E-state index contributed by atoms with van der Waals surface area (Å²) in [6, 6.07) is 13.2. The predicted octanol–water partition coefficient (Wildman–Crippen LogP) is 3.59. The number of likely N-dealkylation sites (N-methyl/N-ethyl adjacent to an activating group) is 1. The molecule has 0 aromatic heterocycles. The molecule has 0 aliphatic carbocycles. The van der Waals surface area contributed by atoms with Gasteiger partial charge >= 0.3 is 0 Å². The lowest BCUT2D eigenvalue weighted by Gasteiger charge is -2.11. The molecular weight excluding hydrogens is 459 g/mol. The lowest BCUT2D eigenvalue weighted by Crippen LogP contribution is -2.22. The average Bonchev–Trinajstić information content (AvgIpc) is 3.12. The fourth-order valence-electron chi connectivity index (χ4n) is 2.47.